The van der Waals surface area contributed by atoms with Crippen LogP contribution in [0.4, 0.5) is 10.5 Å². The highest BCUT2D eigenvalue weighted by Gasteiger charge is 2.17. The van der Waals surface area contributed by atoms with Crippen LogP contribution >= 0.6 is 0 Å². The number of anilines is 1. The summed E-state index contributed by atoms with van der Waals surface area (Å²) in [5, 5.41) is 7.68. The third-order valence-electron chi connectivity index (χ3n) is 2.39. The first-order chi connectivity index (χ1) is 9.03. The van der Waals surface area contributed by atoms with Crippen molar-refractivity contribution in [1.29, 1.82) is 0 Å². The van der Waals surface area contributed by atoms with Gasteiger partial charge in [-0.2, -0.15) is 0 Å². The highest BCUT2D eigenvalue weighted by Crippen LogP contribution is 2.20. The zero-order valence-electron chi connectivity index (χ0n) is 12.1. The van der Waals surface area contributed by atoms with Crippen molar-refractivity contribution in [1.82, 2.24) is 0 Å². The summed E-state index contributed by atoms with van der Waals surface area (Å²) in [6, 6.07) is 4.42. The maximum absolute atomic E-state index is 11.6. The molecule has 1 amide bonds. The Kier molecular flexibility index (Phi) is 4.77. The fraction of sp³-hybridized carbons (Fsp3) is 0.462. The van der Waals surface area contributed by atoms with Crippen LogP contribution in [0.25, 0.3) is 0 Å². The number of ether oxygens (including phenoxy) is 1. The number of amides is 1. The van der Waals surface area contributed by atoms with E-state index in [2.05, 4.69) is 5.32 Å². The monoisotopic (exact) mass is 300 g/mol. The molecule has 112 valence electrons. The first-order valence-electron chi connectivity index (χ1n) is 6.18. The molecule has 0 unspecified atom stereocenters. The van der Waals surface area contributed by atoms with Gasteiger partial charge in [-0.1, -0.05) is 6.92 Å². The number of nitrogens with one attached hydrogen (secondary N) is 1. The zero-order chi connectivity index (χ0) is 15.6. The summed E-state index contributed by atoms with van der Waals surface area (Å²) >= 11 is 0. The topological polar surface area (TPSA) is 98.5 Å². The van der Waals surface area contributed by atoms with Crippen LogP contribution in [-0.4, -0.2) is 20.1 Å². The predicted molar refractivity (Wildman–Crippen MR) is 77.0 cm³/mol. The molecule has 0 saturated carbocycles. The molecule has 1 aromatic carbocycles. The number of nitrogens with two attached hydrogens (primary N) is 1. The molecule has 0 fully saturated rings. The van der Waals surface area contributed by atoms with Crippen LogP contribution in [-0.2, 0) is 21.2 Å². The average molecular weight is 300 g/mol. The number of aryl methyl sites for hydroxylation is 1. The van der Waals surface area contributed by atoms with E-state index >= 15 is 0 Å². The highest BCUT2D eigenvalue weighted by molar-refractivity contribution is 7.89. The molecule has 0 aliphatic rings. The van der Waals surface area contributed by atoms with E-state index in [1.165, 1.54) is 12.1 Å². The van der Waals surface area contributed by atoms with Gasteiger partial charge in [-0.25, -0.2) is 18.4 Å². The number of carbonyl (C=O) groups excluding carboxylic acids is 1. The van der Waals surface area contributed by atoms with Crippen LogP contribution in [0, 0.1) is 0 Å². The minimum Gasteiger partial charge on any atom is -0.444 e. The Hall–Kier alpha value is -1.60. The largest absolute Gasteiger partial charge is 0.444 e. The number of primary sulfonamides is 1. The third-order valence-corrected chi connectivity index (χ3v) is 3.40. The summed E-state index contributed by atoms with van der Waals surface area (Å²) in [5.41, 5.74) is 0.405. The van der Waals surface area contributed by atoms with Crippen molar-refractivity contribution in [3.8, 4) is 0 Å². The van der Waals surface area contributed by atoms with Crippen LogP contribution < -0.4 is 10.5 Å². The number of carbonyl (C=O) groups is 1. The molecule has 1 rings (SSSR count). The van der Waals surface area contributed by atoms with E-state index in [4.69, 9.17) is 9.88 Å². The molecule has 0 bridgehead atoms. The van der Waals surface area contributed by atoms with Gasteiger partial charge in [0.15, 0.2) is 0 Å². The highest BCUT2D eigenvalue weighted by atomic mass is 32.2. The molecule has 0 atom stereocenters. The van der Waals surface area contributed by atoms with Gasteiger partial charge in [-0.15, -0.1) is 0 Å². The molecule has 1 aromatic rings. The van der Waals surface area contributed by atoms with Gasteiger partial charge in [-0.05, 0) is 51.0 Å². The average Bonchev–Trinajstić information content (AvgIpc) is 2.24. The van der Waals surface area contributed by atoms with Crippen molar-refractivity contribution < 1.29 is 17.9 Å². The van der Waals surface area contributed by atoms with Crippen LogP contribution in [0.5, 0.6) is 0 Å². The molecular formula is C13H20N2O4S. The molecule has 20 heavy (non-hydrogen) atoms. The van der Waals surface area contributed by atoms with Gasteiger partial charge < -0.3 is 4.74 Å². The SMILES string of the molecule is CCc1cc(NC(=O)OC(C)(C)C)ccc1S(N)(=O)=O. The molecule has 0 aromatic heterocycles. The molecule has 0 heterocycles. The fourth-order valence-corrected chi connectivity index (χ4v) is 2.46. The molecule has 0 spiro atoms. The Balaban J connectivity index is 2.98. The van der Waals surface area contributed by atoms with E-state index in [0.717, 1.165) is 0 Å². The Morgan fingerprint density at radius 2 is 1.95 bits per heavy atom. The third kappa shape index (κ3) is 4.82. The van der Waals surface area contributed by atoms with Gasteiger partial charge >= 0.3 is 6.09 Å². The Morgan fingerprint density at radius 1 is 1.35 bits per heavy atom. The minimum absolute atomic E-state index is 0.0646. The zero-order valence-corrected chi connectivity index (χ0v) is 12.9. The van der Waals surface area contributed by atoms with Gasteiger partial charge in [0.2, 0.25) is 10.0 Å². The van der Waals surface area contributed by atoms with E-state index in [0.29, 0.717) is 17.7 Å². The number of hydrogen-bond acceptors (Lipinski definition) is 4. The van der Waals surface area contributed by atoms with E-state index < -0.39 is 21.7 Å². The summed E-state index contributed by atoms with van der Waals surface area (Å²) in [6.45, 7) is 7.08. The van der Waals surface area contributed by atoms with Crippen molar-refractivity contribution in [2.75, 3.05) is 5.32 Å². The fourth-order valence-electron chi connectivity index (χ4n) is 1.63. The Morgan fingerprint density at radius 3 is 2.40 bits per heavy atom. The Bertz CT molecular complexity index is 603. The van der Waals surface area contributed by atoms with Crippen LogP contribution in [0.15, 0.2) is 23.1 Å². The smallest absolute Gasteiger partial charge is 0.412 e. The lowest BCUT2D eigenvalue weighted by Gasteiger charge is -2.20. The van der Waals surface area contributed by atoms with E-state index in [1.807, 2.05) is 0 Å². The summed E-state index contributed by atoms with van der Waals surface area (Å²) in [4.78, 5) is 11.7. The van der Waals surface area contributed by atoms with Crippen LogP contribution in [0.2, 0.25) is 0 Å². The Labute approximate surface area is 119 Å². The van der Waals surface area contributed by atoms with Gasteiger partial charge in [-0.3, -0.25) is 5.32 Å². The summed E-state index contributed by atoms with van der Waals surface area (Å²) in [5.74, 6) is 0. The van der Waals surface area contributed by atoms with Crippen molar-refractivity contribution in [2.45, 2.75) is 44.6 Å². The maximum atomic E-state index is 11.6. The molecule has 0 radical (unpaired) electrons. The van der Waals surface area contributed by atoms with E-state index in [9.17, 15) is 13.2 Å². The maximum Gasteiger partial charge on any atom is 0.412 e. The summed E-state index contributed by atoms with van der Waals surface area (Å²) in [7, 11) is -3.76. The lowest BCUT2D eigenvalue weighted by atomic mass is 10.1. The van der Waals surface area contributed by atoms with Gasteiger partial charge in [0.1, 0.15) is 5.60 Å². The lowest BCUT2D eigenvalue weighted by molar-refractivity contribution is 0.0636. The lowest BCUT2D eigenvalue weighted by Crippen LogP contribution is -2.27. The van der Waals surface area contributed by atoms with Crippen LogP contribution in [0.1, 0.15) is 33.3 Å². The van der Waals surface area contributed by atoms with Crippen molar-refractivity contribution in [3.63, 3.8) is 0 Å². The second-order valence-corrected chi connectivity index (χ2v) is 6.88. The van der Waals surface area contributed by atoms with Gasteiger partial charge in [0.05, 0.1) is 4.90 Å². The number of rotatable bonds is 3. The molecule has 3 N–H and O–H groups in total. The molecule has 0 aliphatic heterocycles. The molecule has 0 saturated heterocycles. The second-order valence-electron chi connectivity index (χ2n) is 5.35. The van der Waals surface area contributed by atoms with E-state index in [1.54, 1.807) is 33.8 Å². The molecular weight excluding hydrogens is 280 g/mol. The van der Waals surface area contributed by atoms with Crippen LogP contribution in [0.3, 0.4) is 0 Å². The van der Waals surface area contributed by atoms with Crippen molar-refractivity contribution in [3.05, 3.63) is 23.8 Å². The molecule has 0 aliphatic carbocycles. The molecule has 6 nitrogen and oxygen atoms in total. The summed E-state index contributed by atoms with van der Waals surface area (Å²) in [6.07, 6.45) is -0.113. The minimum atomic E-state index is -3.76. The number of sulfonamides is 1. The van der Waals surface area contributed by atoms with Crippen molar-refractivity contribution >= 4 is 21.8 Å². The van der Waals surface area contributed by atoms with Gasteiger partial charge in [0.25, 0.3) is 0 Å². The number of hydrogen-bond donors (Lipinski definition) is 2. The second kappa shape index (κ2) is 5.80. The first-order valence-corrected chi connectivity index (χ1v) is 7.73. The standard InChI is InChI=1S/C13H20N2O4S/c1-5-9-8-10(6-7-11(9)20(14,17)18)15-12(16)19-13(2,3)4/h6-8H,5H2,1-4H3,(H,15,16)(H2,14,17,18). The summed E-state index contributed by atoms with van der Waals surface area (Å²) < 4.78 is 27.9. The quantitative estimate of drug-likeness (QED) is 0.894. The normalized spacial score (nSPS) is 12.1. The van der Waals surface area contributed by atoms with Crippen molar-refractivity contribution in [2.24, 2.45) is 5.14 Å². The predicted octanol–water partition coefficient (Wildman–Crippen LogP) is 2.24. The number of benzene rings is 1. The van der Waals surface area contributed by atoms with Gasteiger partial charge in [0, 0.05) is 5.69 Å². The van der Waals surface area contributed by atoms with E-state index in [-0.39, 0.29) is 4.90 Å². The first kappa shape index (κ1) is 16.5. The molecule has 7 heteroatoms.